The Morgan fingerprint density at radius 1 is 1.13 bits per heavy atom. The van der Waals surface area contributed by atoms with Crippen LogP contribution in [0.4, 0.5) is 0 Å². The van der Waals surface area contributed by atoms with Crippen LogP contribution in [0.25, 0.3) is 5.69 Å². The fourth-order valence-corrected chi connectivity index (χ4v) is 2.49. The summed E-state index contributed by atoms with van der Waals surface area (Å²) in [6, 6.07) is 15.1. The highest BCUT2D eigenvalue weighted by atomic mass is 79.9. The lowest BCUT2D eigenvalue weighted by molar-refractivity contribution is 0.0940. The van der Waals surface area contributed by atoms with Crippen molar-refractivity contribution in [3.8, 4) is 5.69 Å². The van der Waals surface area contributed by atoms with Crippen molar-refractivity contribution in [3.05, 3.63) is 76.8 Å². The first-order chi connectivity index (χ1) is 11.1. The standard InChI is InChI=1S/C17H15BrN4O/c1-12(13-2-6-15(18)7-3-13)21-17(23)14-4-8-16(9-5-14)22-11-19-10-20-22/h2-12H,1H3,(H,21,23). The summed E-state index contributed by atoms with van der Waals surface area (Å²) < 4.78 is 2.66. The van der Waals surface area contributed by atoms with Crippen LogP contribution in [0.2, 0.25) is 0 Å². The molecular formula is C17H15BrN4O. The first kappa shape index (κ1) is 15.4. The van der Waals surface area contributed by atoms with Gasteiger partial charge in [-0.25, -0.2) is 9.67 Å². The molecule has 1 atom stereocenters. The molecule has 1 amide bonds. The summed E-state index contributed by atoms with van der Waals surface area (Å²) in [5.41, 5.74) is 2.53. The fourth-order valence-electron chi connectivity index (χ4n) is 2.22. The smallest absolute Gasteiger partial charge is 0.251 e. The molecule has 3 aromatic rings. The maximum absolute atomic E-state index is 12.3. The molecule has 0 spiro atoms. The van der Waals surface area contributed by atoms with Crippen LogP contribution in [-0.2, 0) is 0 Å². The lowest BCUT2D eigenvalue weighted by Gasteiger charge is -2.14. The van der Waals surface area contributed by atoms with Gasteiger partial charge in [-0.15, -0.1) is 0 Å². The summed E-state index contributed by atoms with van der Waals surface area (Å²) in [4.78, 5) is 16.2. The van der Waals surface area contributed by atoms with Crippen molar-refractivity contribution < 1.29 is 4.79 Å². The highest BCUT2D eigenvalue weighted by Gasteiger charge is 2.11. The second kappa shape index (κ2) is 6.75. The minimum Gasteiger partial charge on any atom is -0.346 e. The quantitative estimate of drug-likeness (QED) is 0.764. The first-order valence-electron chi connectivity index (χ1n) is 7.15. The summed E-state index contributed by atoms with van der Waals surface area (Å²) in [7, 11) is 0. The number of carbonyl (C=O) groups excluding carboxylic acids is 1. The van der Waals surface area contributed by atoms with Gasteiger partial charge in [0.2, 0.25) is 0 Å². The Hall–Kier alpha value is -2.47. The number of amides is 1. The second-order valence-electron chi connectivity index (χ2n) is 5.13. The van der Waals surface area contributed by atoms with Gasteiger partial charge in [-0.1, -0.05) is 28.1 Å². The van der Waals surface area contributed by atoms with Gasteiger partial charge in [-0.2, -0.15) is 5.10 Å². The molecule has 0 aliphatic carbocycles. The van der Waals surface area contributed by atoms with E-state index in [9.17, 15) is 4.79 Å². The van der Waals surface area contributed by atoms with Crippen molar-refractivity contribution in [1.29, 1.82) is 0 Å². The predicted octanol–water partition coefficient (Wildman–Crippen LogP) is 3.52. The summed E-state index contributed by atoms with van der Waals surface area (Å²) in [5, 5.41) is 7.05. The Balaban J connectivity index is 1.69. The predicted molar refractivity (Wildman–Crippen MR) is 91.4 cm³/mol. The van der Waals surface area contributed by atoms with Crippen molar-refractivity contribution in [2.24, 2.45) is 0 Å². The van der Waals surface area contributed by atoms with E-state index in [0.29, 0.717) is 5.56 Å². The summed E-state index contributed by atoms with van der Waals surface area (Å²) in [6.45, 7) is 1.96. The van der Waals surface area contributed by atoms with Crippen LogP contribution in [0.15, 0.2) is 65.7 Å². The van der Waals surface area contributed by atoms with E-state index in [1.165, 1.54) is 6.33 Å². The number of aromatic nitrogens is 3. The van der Waals surface area contributed by atoms with Crippen LogP contribution in [0.5, 0.6) is 0 Å². The lowest BCUT2D eigenvalue weighted by atomic mass is 10.1. The van der Waals surface area contributed by atoms with E-state index in [0.717, 1.165) is 15.7 Å². The molecule has 1 unspecified atom stereocenters. The molecule has 23 heavy (non-hydrogen) atoms. The van der Waals surface area contributed by atoms with E-state index in [-0.39, 0.29) is 11.9 Å². The molecule has 116 valence electrons. The zero-order chi connectivity index (χ0) is 16.2. The van der Waals surface area contributed by atoms with Gasteiger partial charge in [-0.05, 0) is 48.9 Å². The molecule has 0 fully saturated rings. The highest BCUT2D eigenvalue weighted by Crippen LogP contribution is 2.17. The number of nitrogens with zero attached hydrogens (tertiary/aromatic N) is 3. The van der Waals surface area contributed by atoms with E-state index in [1.807, 2.05) is 43.3 Å². The van der Waals surface area contributed by atoms with Gasteiger partial charge in [-0.3, -0.25) is 4.79 Å². The monoisotopic (exact) mass is 370 g/mol. The first-order valence-corrected chi connectivity index (χ1v) is 7.94. The number of benzene rings is 2. The maximum Gasteiger partial charge on any atom is 0.251 e. The molecule has 0 bridgehead atoms. The molecule has 3 rings (SSSR count). The van der Waals surface area contributed by atoms with Gasteiger partial charge in [0.1, 0.15) is 12.7 Å². The van der Waals surface area contributed by atoms with E-state index in [4.69, 9.17) is 0 Å². The minimum atomic E-state index is -0.106. The van der Waals surface area contributed by atoms with Crippen molar-refractivity contribution in [2.75, 3.05) is 0 Å². The van der Waals surface area contributed by atoms with Crippen LogP contribution in [0.1, 0.15) is 28.9 Å². The molecule has 6 heteroatoms. The van der Waals surface area contributed by atoms with Crippen LogP contribution in [0, 0.1) is 0 Å². The summed E-state index contributed by atoms with van der Waals surface area (Å²) >= 11 is 3.41. The van der Waals surface area contributed by atoms with Gasteiger partial charge in [0.05, 0.1) is 11.7 Å². The molecule has 0 aliphatic rings. The Labute approximate surface area is 142 Å². The van der Waals surface area contributed by atoms with Crippen LogP contribution >= 0.6 is 15.9 Å². The van der Waals surface area contributed by atoms with Gasteiger partial charge < -0.3 is 5.32 Å². The van der Waals surface area contributed by atoms with Gasteiger partial charge in [0, 0.05) is 10.0 Å². The zero-order valence-corrected chi connectivity index (χ0v) is 14.1. The lowest BCUT2D eigenvalue weighted by Crippen LogP contribution is -2.26. The molecule has 0 aliphatic heterocycles. The molecule has 0 saturated carbocycles. The van der Waals surface area contributed by atoms with E-state index in [1.54, 1.807) is 23.1 Å². The summed E-state index contributed by atoms with van der Waals surface area (Å²) in [5.74, 6) is -0.106. The van der Waals surface area contributed by atoms with Crippen molar-refractivity contribution in [1.82, 2.24) is 20.1 Å². The molecule has 0 radical (unpaired) electrons. The van der Waals surface area contributed by atoms with Crippen molar-refractivity contribution in [3.63, 3.8) is 0 Å². The van der Waals surface area contributed by atoms with E-state index in [2.05, 4.69) is 31.3 Å². The van der Waals surface area contributed by atoms with Gasteiger partial charge >= 0.3 is 0 Å². The Morgan fingerprint density at radius 2 is 1.83 bits per heavy atom. The zero-order valence-electron chi connectivity index (χ0n) is 12.5. The van der Waals surface area contributed by atoms with Crippen LogP contribution in [0.3, 0.4) is 0 Å². The molecule has 0 saturated heterocycles. The van der Waals surface area contributed by atoms with Crippen molar-refractivity contribution >= 4 is 21.8 Å². The summed E-state index contributed by atoms with van der Waals surface area (Å²) in [6.07, 6.45) is 3.09. The maximum atomic E-state index is 12.3. The molecule has 5 nitrogen and oxygen atoms in total. The molecular weight excluding hydrogens is 356 g/mol. The molecule has 1 heterocycles. The average molecular weight is 371 g/mol. The Kier molecular flexibility index (Phi) is 4.52. The molecule has 2 aromatic carbocycles. The van der Waals surface area contributed by atoms with E-state index < -0.39 is 0 Å². The third-order valence-corrected chi connectivity index (χ3v) is 4.06. The van der Waals surface area contributed by atoms with Gasteiger partial charge in [0.25, 0.3) is 5.91 Å². The number of rotatable bonds is 4. The topological polar surface area (TPSA) is 59.8 Å². The number of hydrogen-bond donors (Lipinski definition) is 1. The molecule has 1 N–H and O–H groups in total. The SMILES string of the molecule is CC(NC(=O)c1ccc(-n2cncn2)cc1)c1ccc(Br)cc1. The van der Waals surface area contributed by atoms with Crippen molar-refractivity contribution in [2.45, 2.75) is 13.0 Å². The minimum absolute atomic E-state index is 0.0643. The van der Waals surface area contributed by atoms with Gasteiger partial charge in [0.15, 0.2) is 0 Å². The molecule has 1 aromatic heterocycles. The van der Waals surface area contributed by atoms with Crippen LogP contribution < -0.4 is 5.32 Å². The largest absolute Gasteiger partial charge is 0.346 e. The normalized spacial score (nSPS) is 11.9. The second-order valence-corrected chi connectivity index (χ2v) is 6.05. The number of halogens is 1. The average Bonchev–Trinajstić information content (AvgIpc) is 3.10. The van der Waals surface area contributed by atoms with E-state index >= 15 is 0 Å². The van der Waals surface area contributed by atoms with Crippen LogP contribution in [-0.4, -0.2) is 20.7 Å². The fraction of sp³-hybridized carbons (Fsp3) is 0.118. The number of hydrogen-bond acceptors (Lipinski definition) is 3. The third-order valence-electron chi connectivity index (χ3n) is 3.53. The Bertz CT molecular complexity index is 782. The highest BCUT2D eigenvalue weighted by molar-refractivity contribution is 9.10. The number of carbonyl (C=O) groups is 1. The third kappa shape index (κ3) is 3.65. The Morgan fingerprint density at radius 3 is 2.43 bits per heavy atom. The number of nitrogens with one attached hydrogen (secondary N) is 1.